The first-order chi connectivity index (χ1) is 16.0. The Morgan fingerprint density at radius 2 is 1.70 bits per heavy atom. The summed E-state index contributed by atoms with van der Waals surface area (Å²) in [4.78, 5) is 29.2. The van der Waals surface area contributed by atoms with Crippen molar-refractivity contribution in [3.63, 3.8) is 0 Å². The second-order valence-corrected chi connectivity index (χ2v) is 7.08. The maximum absolute atomic E-state index is 13.0. The Morgan fingerprint density at radius 1 is 0.939 bits per heavy atom. The topological polar surface area (TPSA) is 96.0 Å². The van der Waals surface area contributed by atoms with Crippen molar-refractivity contribution in [3.8, 4) is 17.4 Å². The number of ether oxygens (including phenoxy) is 4. The van der Waals surface area contributed by atoms with E-state index in [9.17, 15) is 9.59 Å². The summed E-state index contributed by atoms with van der Waals surface area (Å²) in [6, 6.07) is 17.3. The fourth-order valence-electron chi connectivity index (χ4n) is 3.17. The van der Waals surface area contributed by atoms with Crippen LogP contribution in [0.4, 0.5) is 0 Å². The molecule has 8 nitrogen and oxygen atoms in total. The molecule has 1 amide bonds. The van der Waals surface area contributed by atoms with Crippen molar-refractivity contribution in [1.82, 2.24) is 10.3 Å². The van der Waals surface area contributed by atoms with Gasteiger partial charge in [0.05, 0.1) is 33.8 Å². The van der Waals surface area contributed by atoms with Crippen LogP contribution in [0, 0.1) is 0 Å². The van der Waals surface area contributed by atoms with Crippen LogP contribution in [0.15, 0.2) is 66.9 Å². The Bertz CT molecular complexity index is 1090. The predicted octanol–water partition coefficient (Wildman–Crippen LogP) is 3.71. The lowest BCUT2D eigenvalue weighted by molar-refractivity contribution is -0.141. The standard InChI is InChI=1S/C25H26N2O6/c1-30-21-10-9-18(13-22(21)31-2)20(15-24(28)32-3)27-25(29)19-11-12-26-23(14-19)33-16-17-7-5-4-6-8-17/h4-14,20H,15-16H2,1-3H3,(H,27,29). The van der Waals surface area contributed by atoms with Crippen LogP contribution < -0.4 is 19.5 Å². The average Bonchev–Trinajstić information content (AvgIpc) is 2.87. The van der Waals surface area contributed by atoms with Crippen molar-refractivity contribution < 1.29 is 28.5 Å². The third kappa shape index (κ3) is 6.46. The number of aromatic nitrogens is 1. The van der Waals surface area contributed by atoms with Crippen LogP contribution >= 0.6 is 0 Å². The molecule has 0 saturated carbocycles. The minimum Gasteiger partial charge on any atom is -0.493 e. The first-order valence-electron chi connectivity index (χ1n) is 10.3. The Kier molecular flexibility index (Phi) is 8.24. The molecular weight excluding hydrogens is 424 g/mol. The number of hydrogen-bond acceptors (Lipinski definition) is 7. The van der Waals surface area contributed by atoms with Gasteiger partial charge in [-0.15, -0.1) is 0 Å². The van der Waals surface area contributed by atoms with Gasteiger partial charge in [-0.3, -0.25) is 9.59 Å². The molecule has 0 fully saturated rings. The Morgan fingerprint density at radius 3 is 2.39 bits per heavy atom. The van der Waals surface area contributed by atoms with Gasteiger partial charge < -0.3 is 24.3 Å². The van der Waals surface area contributed by atoms with E-state index in [2.05, 4.69) is 10.3 Å². The van der Waals surface area contributed by atoms with Gasteiger partial charge in [0.25, 0.3) is 5.91 Å². The predicted molar refractivity (Wildman–Crippen MR) is 121 cm³/mol. The normalized spacial score (nSPS) is 11.2. The van der Waals surface area contributed by atoms with E-state index in [1.165, 1.54) is 27.5 Å². The molecule has 1 atom stereocenters. The number of carbonyl (C=O) groups excluding carboxylic acids is 2. The zero-order valence-corrected chi connectivity index (χ0v) is 18.7. The van der Waals surface area contributed by atoms with Crippen molar-refractivity contribution in [2.45, 2.75) is 19.1 Å². The number of hydrogen-bond donors (Lipinski definition) is 1. The van der Waals surface area contributed by atoms with E-state index in [4.69, 9.17) is 18.9 Å². The molecule has 172 valence electrons. The minimum absolute atomic E-state index is 0.0554. The fourth-order valence-corrected chi connectivity index (χ4v) is 3.17. The fraction of sp³-hybridized carbons (Fsp3) is 0.240. The van der Waals surface area contributed by atoms with Gasteiger partial charge in [-0.2, -0.15) is 0 Å². The number of esters is 1. The second kappa shape index (κ2) is 11.5. The molecule has 3 aromatic rings. The van der Waals surface area contributed by atoms with Crippen molar-refractivity contribution in [2.75, 3.05) is 21.3 Å². The zero-order valence-electron chi connectivity index (χ0n) is 18.7. The molecule has 8 heteroatoms. The molecule has 2 aromatic carbocycles. The summed E-state index contributed by atoms with van der Waals surface area (Å²) in [7, 11) is 4.35. The summed E-state index contributed by atoms with van der Waals surface area (Å²) in [5, 5.41) is 2.89. The van der Waals surface area contributed by atoms with Crippen LogP contribution in [0.5, 0.6) is 17.4 Å². The maximum Gasteiger partial charge on any atom is 0.307 e. The van der Waals surface area contributed by atoms with Gasteiger partial charge in [0.15, 0.2) is 11.5 Å². The van der Waals surface area contributed by atoms with E-state index in [-0.39, 0.29) is 12.3 Å². The minimum atomic E-state index is -0.647. The molecule has 1 heterocycles. The molecule has 33 heavy (non-hydrogen) atoms. The van der Waals surface area contributed by atoms with Crippen molar-refractivity contribution >= 4 is 11.9 Å². The highest BCUT2D eigenvalue weighted by Crippen LogP contribution is 2.31. The molecule has 1 aromatic heterocycles. The zero-order chi connectivity index (χ0) is 23.6. The number of methoxy groups -OCH3 is 3. The molecule has 1 N–H and O–H groups in total. The molecule has 3 rings (SSSR count). The van der Waals surface area contributed by atoms with Gasteiger partial charge in [0.2, 0.25) is 5.88 Å². The smallest absolute Gasteiger partial charge is 0.307 e. The van der Waals surface area contributed by atoms with Crippen LogP contribution in [-0.2, 0) is 16.1 Å². The molecule has 0 aliphatic rings. The lowest BCUT2D eigenvalue weighted by atomic mass is 10.0. The maximum atomic E-state index is 13.0. The van der Waals surface area contributed by atoms with Crippen molar-refractivity contribution in [1.29, 1.82) is 0 Å². The van der Waals surface area contributed by atoms with Gasteiger partial charge >= 0.3 is 5.97 Å². The number of pyridine rings is 1. The van der Waals surface area contributed by atoms with E-state index >= 15 is 0 Å². The number of amides is 1. The first kappa shape index (κ1) is 23.6. The summed E-state index contributed by atoms with van der Waals surface area (Å²) in [5.74, 6) is 0.503. The molecule has 0 aliphatic heterocycles. The molecule has 1 unspecified atom stereocenters. The lowest BCUT2D eigenvalue weighted by Gasteiger charge is -2.20. The number of rotatable bonds is 10. The summed E-state index contributed by atoms with van der Waals surface area (Å²) < 4.78 is 21.1. The third-order valence-corrected chi connectivity index (χ3v) is 4.94. The van der Waals surface area contributed by atoms with Gasteiger partial charge in [-0.1, -0.05) is 36.4 Å². The molecule has 0 aliphatic carbocycles. The van der Waals surface area contributed by atoms with Crippen LogP contribution in [0.1, 0.15) is 33.9 Å². The average molecular weight is 450 g/mol. The van der Waals surface area contributed by atoms with Crippen LogP contribution in [0.3, 0.4) is 0 Å². The van der Waals surface area contributed by atoms with E-state index in [1.54, 1.807) is 30.3 Å². The van der Waals surface area contributed by atoms with Gasteiger partial charge in [-0.25, -0.2) is 4.98 Å². The highest BCUT2D eigenvalue weighted by molar-refractivity contribution is 5.95. The van der Waals surface area contributed by atoms with E-state index in [0.29, 0.717) is 35.1 Å². The Labute approximate surface area is 192 Å². The van der Waals surface area contributed by atoms with Gasteiger partial charge in [-0.05, 0) is 29.3 Å². The van der Waals surface area contributed by atoms with Crippen LogP contribution in [-0.4, -0.2) is 38.2 Å². The monoisotopic (exact) mass is 450 g/mol. The molecular formula is C25H26N2O6. The molecule has 0 spiro atoms. The molecule has 0 radical (unpaired) electrons. The van der Waals surface area contributed by atoms with Crippen LogP contribution in [0.2, 0.25) is 0 Å². The second-order valence-electron chi connectivity index (χ2n) is 7.08. The van der Waals surface area contributed by atoms with E-state index in [0.717, 1.165) is 5.56 Å². The van der Waals surface area contributed by atoms with Crippen LogP contribution in [0.25, 0.3) is 0 Å². The summed E-state index contributed by atoms with van der Waals surface area (Å²) >= 11 is 0. The summed E-state index contributed by atoms with van der Waals surface area (Å²) in [5.41, 5.74) is 2.00. The van der Waals surface area contributed by atoms with Crippen molar-refractivity contribution in [3.05, 3.63) is 83.6 Å². The number of benzene rings is 2. The number of carbonyl (C=O) groups is 2. The molecule has 0 saturated heterocycles. The summed E-state index contributed by atoms with van der Waals surface area (Å²) in [6.45, 7) is 0.329. The largest absolute Gasteiger partial charge is 0.493 e. The molecule has 0 bridgehead atoms. The van der Waals surface area contributed by atoms with Gasteiger partial charge in [0.1, 0.15) is 6.61 Å². The SMILES string of the molecule is COC(=O)CC(NC(=O)c1ccnc(OCc2ccccc2)c1)c1ccc(OC)c(OC)c1. The van der Waals surface area contributed by atoms with Gasteiger partial charge in [0, 0.05) is 17.8 Å². The lowest BCUT2D eigenvalue weighted by Crippen LogP contribution is -2.30. The van der Waals surface area contributed by atoms with Crippen molar-refractivity contribution in [2.24, 2.45) is 0 Å². The van der Waals surface area contributed by atoms with E-state index in [1.807, 2.05) is 30.3 Å². The Hall–Kier alpha value is -4.07. The quantitative estimate of drug-likeness (QED) is 0.471. The highest BCUT2D eigenvalue weighted by atomic mass is 16.5. The number of nitrogens with zero attached hydrogens (tertiary/aromatic N) is 1. The third-order valence-electron chi connectivity index (χ3n) is 4.94. The highest BCUT2D eigenvalue weighted by Gasteiger charge is 2.22. The summed E-state index contributed by atoms with van der Waals surface area (Å²) in [6.07, 6.45) is 1.45. The van der Waals surface area contributed by atoms with E-state index < -0.39 is 12.0 Å². The number of nitrogens with one attached hydrogen (secondary N) is 1. The Balaban J connectivity index is 1.77. The first-order valence-corrected chi connectivity index (χ1v) is 10.3.